The van der Waals surface area contributed by atoms with Crippen molar-refractivity contribution in [3.63, 3.8) is 0 Å². The van der Waals surface area contributed by atoms with Gasteiger partial charge in [0.25, 0.3) is 0 Å². The van der Waals surface area contributed by atoms with Crippen LogP contribution in [0.1, 0.15) is 19.6 Å². The molecule has 1 aromatic heterocycles. The van der Waals surface area contributed by atoms with Gasteiger partial charge in [0.1, 0.15) is 11.5 Å². The molecule has 0 aliphatic rings. The molecule has 0 radical (unpaired) electrons. The molecule has 4 heteroatoms. The van der Waals surface area contributed by atoms with Crippen LogP contribution in [-0.4, -0.2) is 11.8 Å². The molecule has 17 heavy (non-hydrogen) atoms. The van der Waals surface area contributed by atoms with E-state index in [9.17, 15) is 0 Å². The molecule has 4 nitrogen and oxygen atoms in total. The number of nitrogens with zero attached hydrogens (tertiary/aromatic N) is 1. The van der Waals surface area contributed by atoms with Gasteiger partial charge in [0.05, 0.1) is 12.2 Å². The van der Waals surface area contributed by atoms with Gasteiger partial charge in [0, 0.05) is 6.42 Å². The zero-order chi connectivity index (χ0) is 12.3. The topological polar surface area (TPSA) is 61.3 Å². The third-order valence-electron chi connectivity index (χ3n) is 2.56. The van der Waals surface area contributed by atoms with Gasteiger partial charge in [0.15, 0.2) is 5.82 Å². The fraction of sp³-hybridized carbons (Fsp3) is 0.308. The Morgan fingerprint density at radius 1 is 1.24 bits per heavy atom. The number of hydrogen-bond donors (Lipinski definition) is 1. The van der Waals surface area contributed by atoms with E-state index in [-0.39, 0.29) is 0 Å². The number of anilines is 1. The summed E-state index contributed by atoms with van der Waals surface area (Å²) in [6.07, 6.45) is 0.771. The van der Waals surface area contributed by atoms with E-state index in [1.807, 2.05) is 38.1 Å². The molecular formula is C13H16N2O2. The molecule has 0 saturated heterocycles. The van der Waals surface area contributed by atoms with Crippen molar-refractivity contribution in [1.82, 2.24) is 5.16 Å². The number of aromatic nitrogens is 1. The van der Waals surface area contributed by atoms with Gasteiger partial charge in [0.2, 0.25) is 0 Å². The van der Waals surface area contributed by atoms with Crippen molar-refractivity contribution < 1.29 is 9.26 Å². The van der Waals surface area contributed by atoms with Crippen molar-refractivity contribution in [3.8, 4) is 16.9 Å². The smallest absolute Gasteiger partial charge is 0.175 e. The third-order valence-corrected chi connectivity index (χ3v) is 2.56. The Morgan fingerprint density at radius 2 is 1.94 bits per heavy atom. The summed E-state index contributed by atoms with van der Waals surface area (Å²) in [5.74, 6) is 2.10. The van der Waals surface area contributed by atoms with Crippen LogP contribution in [0, 0.1) is 0 Å². The van der Waals surface area contributed by atoms with Crippen LogP contribution in [0.5, 0.6) is 5.75 Å². The Hall–Kier alpha value is -1.97. The van der Waals surface area contributed by atoms with E-state index in [2.05, 4.69) is 5.16 Å². The number of hydrogen-bond acceptors (Lipinski definition) is 4. The van der Waals surface area contributed by atoms with Crippen molar-refractivity contribution in [3.05, 3.63) is 30.0 Å². The van der Waals surface area contributed by atoms with E-state index in [1.54, 1.807) is 0 Å². The Kier molecular flexibility index (Phi) is 3.32. The highest BCUT2D eigenvalue weighted by molar-refractivity contribution is 5.75. The second-order valence-electron chi connectivity index (χ2n) is 3.68. The number of nitrogen functional groups attached to an aromatic ring is 1. The highest BCUT2D eigenvalue weighted by Crippen LogP contribution is 2.30. The molecule has 0 amide bonds. The van der Waals surface area contributed by atoms with Crippen LogP contribution in [0.3, 0.4) is 0 Å². The Bertz CT molecular complexity index is 489. The average molecular weight is 232 g/mol. The lowest BCUT2D eigenvalue weighted by molar-refractivity contribution is 0.340. The van der Waals surface area contributed by atoms with E-state index in [0.717, 1.165) is 29.1 Å². The van der Waals surface area contributed by atoms with Crippen LogP contribution in [0.2, 0.25) is 0 Å². The maximum absolute atomic E-state index is 5.81. The van der Waals surface area contributed by atoms with Gasteiger partial charge in [-0.2, -0.15) is 0 Å². The normalized spacial score (nSPS) is 10.5. The van der Waals surface area contributed by atoms with Gasteiger partial charge < -0.3 is 15.0 Å². The van der Waals surface area contributed by atoms with E-state index >= 15 is 0 Å². The van der Waals surface area contributed by atoms with Gasteiger partial charge in [-0.15, -0.1) is 0 Å². The van der Waals surface area contributed by atoms with Gasteiger partial charge >= 0.3 is 0 Å². The van der Waals surface area contributed by atoms with Crippen LogP contribution in [0.15, 0.2) is 28.8 Å². The predicted octanol–water partition coefficient (Wildman–Crippen LogP) is 2.88. The number of ether oxygens (including phenoxy) is 1. The fourth-order valence-corrected chi connectivity index (χ4v) is 1.77. The molecule has 2 rings (SSSR count). The van der Waals surface area contributed by atoms with E-state index in [1.165, 1.54) is 0 Å². The molecule has 1 aromatic carbocycles. The van der Waals surface area contributed by atoms with Gasteiger partial charge in [-0.3, -0.25) is 0 Å². The third kappa shape index (κ3) is 2.25. The molecule has 0 atom stereocenters. The maximum atomic E-state index is 5.81. The molecule has 0 saturated carbocycles. The molecule has 90 valence electrons. The van der Waals surface area contributed by atoms with Crippen molar-refractivity contribution in [2.24, 2.45) is 0 Å². The minimum absolute atomic E-state index is 0.436. The summed E-state index contributed by atoms with van der Waals surface area (Å²) in [5.41, 5.74) is 7.70. The highest BCUT2D eigenvalue weighted by Gasteiger charge is 2.14. The Balaban J connectivity index is 2.36. The average Bonchev–Trinajstić information content (AvgIpc) is 2.72. The first-order valence-electron chi connectivity index (χ1n) is 5.73. The quantitative estimate of drug-likeness (QED) is 0.880. The summed E-state index contributed by atoms with van der Waals surface area (Å²) in [6.45, 7) is 4.63. The zero-order valence-corrected chi connectivity index (χ0v) is 10.1. The molecule has 2 aromatic rings. The van der Waals surface area contributed by atoms with Crippen LogP contribution < -0.4 is 10.5 Å². The molecule has 0 bridgehead atoms. The zero-order valence-electron chi connectivity index (χ0n) is 10.1. The Labute approximate surface area is 100 Å². The van der Waals surface area contributed by atoms with Crippen LogP contribution >= 0.6 is 0 Å². The molecule has 1 heterocycles. The van der Waals surface area contributed by atoms with Crippen molar-refractivity contribution in [2.45, 2.75) is 20.3 Å². The summed E-state index contributed by atoms with van der Waals surface area (Å²) in [4.78, 5) is 0. The molecule has 0 aliphatic carbocycles. The number of benzene rings is 1. The Morgan fingerprint density at radius 3 is 2.53 bits per heavy atom. The summed E-state index contributed by atoms with van der Waals surface area (Å²) >= 11 is 0. The minimum Gasteiger partial charge on any atom is -0.494 e. The lowest BCUT2D eigenvalue weighted by Crippen LogP contribution is -1.92. The SMILES string of the molecule is CCOc1ccc(-c2c(N)noc2CC)cc1. The van der Waals surface area contributed by atoms with E-state index < -0.39 is 0 Å². The minimum atomic E-state index is 0.436. The largest absolute Gasteiger partial charge is 0.494 e. The second-order valence-corrected chi connectivity index (χ2v) is 3.68. The predicted molar refractivity (Wildman–Crippen MR) is 66.9 cm³/mol. The van der Waals surface area contributed by atoms with Crippen LogP contribution in [0.25, 0.3) is 11.1 Å². The second kappa shape index (κ2) is 4.91. The number of rotatable bonds is 4. The first kappa shape index (κ1) is 11.5. The standard InChI is InChI=1S/C13H16N2O2/c1-3-11-12(13(14)15-17-11)9-5-7-10(8-6-9)16-4-2/h5-8H,3-4H2,1-2H3,(H2,14,15). The van der Waals surface area contributed by atoms with Gasteiger partial charge in [-0.25, -0.2) is 0 Å². The first-order valence-corrected chi connectivity index (χ1v) is 5.73. The van der Waals surface area contributed by atoms with E-state index in [0.29, 0.717) is 12.4 Å². The van der Waals surface area contributed by atoms with Crippen molar-refractivity contribution in [2.75, 3.05) is 12.3 Å². The molecule has 0 fully saturated rings. The van der Waals surface area contributed by atoms with Crippen molar-refractivity contribution >= 4 is 5.82 Å². The van der Waals surface area contributed by atoms with Crippen LogP contribution in [-0.2, 0) is 6.42 Å². The van der Waals surface area contributed by atoms with Gasteiger partial charge in [-0.05, 0) is 24.6 Å². The lowest BCUT2D eigenvalue weighted by atomic mass is 10.0. The number of aryl methyl sites for hydroxylation is 1. The van der Waals surface area contributed by atoms with Crippen molar-refractivity contribution in [1.29, 1.82) is 0 Å². The number of nitrogens with two attached hydrogens (primary N) is 1. The monoisotopic (exact) mass is 232 g/mol. The molecule has 0 aliphatic heterocycles. The molecular weight excluding hydrogens is 216 g/mol. The first-order chi connectivity index (χ1) is 8.26. The summed E-state index contributed by atoms with van der Waals surface area (Å²) in [7, 11) is 0. The fourth-order valence-electron chi connectivity index (χ4n) is 1.77. The summed E-state index contributed by atoms with van der Waals surface area (Å²) in [5, 5.41) is 3.79. The summed E-state index contributed by atoms with van der Waals surface area (Å²) in [6, 6.07) is 7.77. The lowest BCUT2D eigenvalue weighted by Gasteiger charge is -2.04. The summed E-state index contributed by atoms with van der Waals surface area (Å²) < 4.78 is 10.6. The molecule has 0 unspecified atom stereocenters. The molecule has 0 spiro atoms. The van der Waals surface area contributed by atoms with Crippen LogP contribution in [0.4, 0.5) is 5.82 Å². The molecule has 2 N–H and O–H groups in total. The maximum Gasteiger partial charge on any atom is 0.175 e. The van der Waals surface area contributed by atoms with Gasteiger partial charge in [-0.1, -0.05) is 24.2 Å². The van der Waals surface area contributed by atoms with E-state index in [4.69, 9.17) is 15.0 Å². The highest BCUT2D eigenvalue weighted by atomic mass is 16.5.